The fourth-order valence-electron chi connectivity index (χ4n) is 1.60. The summed E-state index contributed by atoms with van der Waals surface area (Å²) in [5.41, 5.74) is -0.653. The van der Waals surface area contributed by atoms with Gasteiger partial charge in [0.05, 0.1) is 11.3 Å². The molecule has 0 radical (unpaired) electrons. The Balaban J connectivity index is 2.21. The molecule has 3 nitrogen and oxygen atoms in total. The number of carbonyl (C=O) groups excluding carboxylic acids is 1. The van der Waals surface area contributed by atoms with Gasteiger partial charge in [-0.05, 0) is 30.4 Å². The van der Waals surface area contributed by atoms with Gasteiger partial charge in [-0.3, -0.25) is 10.0 Å². The van der Waals surface area contributed by atoms with Crippen LogP contribution in [0.2, 0.25) is 0 Å². The van der Waals surface area contributed by atoms with Gasteiger partial charge in [0.25, 0.3) is 0 Å². The van der Waals surface area contributed by atoms with Crippen molar-refractivity contribution in [2.45, 2.75) is 6.18 Å². The summed E-state index contributed by atoms with van der Waals surface area (Å²) in [6.07, 6.45) is -1.16. The number of hydrogen-bond acceptors (Lipinski definition) is 3. The molecule has 0 saturated heterocycles. The number of hydroxylamine groups is 1. The van der Waals surface area contributed by atoms with Crippen LogP contribution < -0.4 is 5.06 Å². The maximum atomic E-state index is 12.4. The molecule has 0 amide bonds. The molecule has 1 N–H and O–H groups in total. The first-order chi connectivity index (χ1) is 9.38. The lowest BCUT2D eigenvalue weighted by Crippen LogP contribution is -2.17. The van der Waals surface area contributed by atoms with Crippen LogP contribution in [-0.2, 0) is 4.79 Å². The van der Waals surface area contributed by atoms with Crippen LogP contribution in [0.3, 0.4) is 0 Å². The van der Waals surface area contributed by atoms with Gasteiger partial charge in [0.15, 0.2) is 5.78 Å². The highest BCUT2D eigenvalue weighted by Gasteiger charge is 2.34. The summed E-state index contributed by atoms with van der Waals surface area (Å²) in [5, 5.41) is 10.4. The number of anilines is 1. The standard InChI is InChI=1S/C14H10F3NO2/c15-14(16,17)11-7-6-10(13(19)8-11)9-18(20)12-4-2-1-3-5-12/h1-9,20H/b10-9+. The van der Waals surface area contributed by atoms with Crippen LogP contribution in [0.25, 0.3) is 0 Å². The number of hydrogen-bond donors (Lipinski definition) is 1. The molecule has 20 heavy (non-hydrogen) atoms. The summed E-state index contributed by atoms with van der Waals surface area (Å²) >= 11 is 0. The minimum atomic E-state index is -4.56. The van der Waals surface area contributed by atoms with Crippen LogP contribution in [0, 0.1) is 0 Å². The number of alkyl halides is 3. The molecule has 0 saturated carbocycles. The van der Waals surface area contributed by atoms with Gasteiger partial charge in [-0.1, -0.05) is 18.2 Å². The van der Waals surface area contributed by atoms with Crippen molar-refractivity contribution in [3.63, 3.8) is 0 Å². The molecule has 0 atom stereocenters. The lowest BCUT2D eigenvalue weighted by Gasteiger charge is -2.15. The van der Waals surface area contributed by atoms with Gasteiger partial charge >= 0.3 is 6.18 Å². The molecule has 0 bridgehead atoms. The van der Waals surface area contributed by atoms with E-state index in [0.717, 1.165) is 18.4 Å². The fourth-order valence-corrected chi connectivity index (χ4v) is 1.60. The number of ketones is 1. The van der Waals surface area contributed by atoms with E-state index in [9.17, 15) is 23.2 Å². The molecule has 0 aliphatic heterocycles. The second kappa shape index (κ2) is 5.34. The number of halogens is 3. The molecule has 0 spiro atoms. The normalized spacial score (nSPS) is 17.3. The first-order valence-electron chi connectivity index (χ1n) is 5.64. The Morgan fingerprint density at radius 3 is 2.30 bits per heavy atom. The Hall–Kier alpha value is -2.34. The second-order valence-electron chi connectivity index (χ2n) is 4.06. The maximum absolute atomic E-state index is 12.4. The predicted molar refractivity (Wildman–Crippen MR) is 67.1 cm³/mol. The molecule has 1 aliphatic carbocycles. The molecule has 104 valence electrons. The molecule has 1 aliphatic rings. The molecule has 6 heteroatoms. The second-order valence-corrected chi connectivity index (χ2v) is 4.06. The van der Waals surface area contributed by atoms with Gasteiger partial charge in [-0.2, -0.15) is 13.2 Å². The molecular formula is C14H10F3NO2. The number of carbonyl (C=O) groups is 1. The first-order valence-corrected chi connectivity index (χ1v) is 5.64. The van der Waals surface area contributed by atoms with Crippen molar-refractivity contribution in [2.75, 3.05) is 5.06 Å². The number of allylic oxidation sites excluding steroid dienone is 5. The zero-order valence-corrected chi connectivity index (χ0v) is 10.1. The van der Waals surface area contributed by atoms with Gasteiger partial charge < -0.3 is 0 Å². The fraction of sp³-hybridized carbons (Fsp3) is 0.0714. The van der Waals surface area contributed by atoms with Crippen LogP contribution in [0.5, 0.6) is 0 Å². The highest BCUT2D eigenvalue weighted by Crippen LogP contribution is 2.29. The lowest BCUT2D eigenvalue weighted by atomic mass is 10.0. The molecule has 0 heterocycles. The summed E-state index contributed by atoms with van der Waals surface area (Å²) in [7, 11) is 0. The molecular weight excluding hydrogens is 271 g/mol. The number of nitrogens with zero attached hydrogens (tertiary/aromatic N) is 1. The van der Waals surface area contributed by atoms with Crippen molar-refractivity contribution in [3.05, 3.63) is 65.9 Å². The third-order valence-electron chi connectivity index (χ3n) is 2.62. The highest BCUT2D eigenvalue weighted by atomic mass is 19.4. The van der Waals surface area contributed by atoms with E-state index in [1.54, 1.807) is 30.3 Å². The summed E-state index contributed by atoms with van der Waals surface area (Å²) in [6.45, 7) is 0. The summed E-state index contributed by atoms with van der Waals surface area (Å²) < 4.78 is 37.3. The summed E-state index contributed by atoms with van der Waals surface area (Å²) in [5.74, 6) is -0.810. The minimum Gasteiger partial charge on any atom is -0.289 e. The van der Waals surface area contributed by atoms with E-state index in [2.05, 4.69) is 0 Å². The van der Waals surface area contributed by atoms with E-state index >= 15 is 0 Å². The van der Waals surface area contributed by atoms with Crippen molar-refractivity contribution >= 4 is 11.5 Å². The topological polar surface area (TPSA) is 40.5 Å². The van der Waals surface area contributed by atoms with Crippen LogP contribution in [0.1, 0.15) is 0 Å². The van der Waals surface area contributed by atoms with Crippen LogP contribution in [0.15, 0.2) is 65.9 Å². The SMILES string of the molecule is O=C1C=C(C(F)(F)F)C=C/C1=C\N(O)c1ccccc1. The molecule has 0 unspecified atom stereocenters. The summed E-state index contributed by atoms with van der Waals surface area (Å²) in [6, 6.07) is 8.28. The number of rotatable bonds is 2. The van der Waals surface area contributed by atoms with Crippen molar-refractivity contribution in [1.82, 2.24) is 0 Å². The largest absolute Gasteiger partial charge is 0.416 e. The Morgan fingerprint density at radius 1 is 1.10 bits per heavy atom. The molecule has 1 aromatic rings. The zero-order chi connectivity index (χ0) is 14.8. The Morgan fingerprint density at radius 2 is 1.75 bits per heavy atom. The van der Waals surface area contributed by atoms with E-state index in [1.807, 2.05) is 0 Å². The van der Waals surface area contributed by atoms with E-state index < -0.39 is 17.5 Å². The monoisotopic (exact) mass is 281 g/mol. The van der Waals surface area contributed by atoms with Crippen LogP contribution in [0.4, 0.5) is 18.9 Å². The van der Waals surface area contributed by atoms with Crippen LogP contribution in [-0.4, -0.2) is 17.2 Å². The number of para-hydroxylation sites is 1. The van der Waals surface area contributed by atoms with Crippen molar-refractivity contribution in [1.29, 1.82) is 0 Å². The van der Waals surface area contributed by atoms with Gasteiger partial charge in [0, 0.05) is 11.8 Å². The average Bonchev–Trinajstić information content (AvgIpc) is 2.41. The number of benzene rings is 1. The van der Waals surface area contributed by atoms with Crippen molar-refractivity contribution < 1.29 is 23.2 Å². The van der Waals surface area contributed by atoms with Gasteiger partial charge in [0.2, 0.25) is 0 Å². The molecule has 0 aromatic heterocycles. The minimum absolute atomic E-state index is 0.0376. The van der Waals surface area contributed by atoms with Gasteiger partial charge in [-0.25, -0.2) is 5.06 Å². The van der Waals surface area contributed by atoms with Gasteiger partial charge in [-0.15, -0.1) is 0 Å². The quantitative estimate of drug-likeness (QED) is 0.667. The van der Waals surface area contributed by atoms with Gasteiger partial charge in [0.1, 0.15) is 0 Å². The van der Waals surface area contributed by atoms with Crippen LogP contribution >= 0.6 is 0 Å². The Kier molecular flexibility index (Phi) is 3.76. The molecule has 1 aromatic carbocycles. The Bertz CT molecular complexity index is 601. The van der Waals surface area contributed by atoms with E-state index in [0.29, 0.717) is 16.8 Å². The van der Waals surface area contributed by atoms with E-state index in [1.165, 1.54) is 0 Å². The molecule has 2 rings (SSSR count). The average molecular weight is 281 g/mol. The van der Waals surface area contributed by atoms with E-state index in [-0.39, 0.29) is 5.57 Å². The van der Waals surface area contributed by atoms with E-state index in [4.69, 9.17) is 0 Å². The highest BCUT2D eigenvalue weighted by molar-refractivity contribution is 6.08. The smallest absolute Gasteiger partial charge is 0.289 e. The third kappa shape index (κ3) is 3.16. The lowest BCUT2D eigenvalue weighted by molar-refractivity contribution is -0.112. The maximum Gasteiger partial charge on any atom is 0.416 e. The molecule has 0 fully saturated rings. The van der Waals surface area contributed by atoms with Crippen molar-refractivity contribution in [3.8, 4) is 0 Å². The predicted octanol–water partition coefficient (Wildman–Crippen LogP) is 3.39. The summed E-state index contributed by atoms with van der Waals surface area (Å²) in [4.78, 5) is 11.6. The van der Waals surface area contributed by atoms with Crippen molar-refractivity contribution in [2.24, 2.45) is 0 Å². The zero-order valence-electron chi connectivity index (χ0n) is 10.1. The Labute approximate surface area is 112 Å². The third-order valence-corrected chi connectivity index (χ3v) is 2.62. The first kappa shape index (κ1) is 14.1.